The number of carbonyl (C=O) groups excluding carboxylic acids is 1. The molecule has 4 rings (SSSR count). The molecule has 1 aliphatic rings. The number of phenols is 1. The number of halogens is 2. The number of nitrogens with one attached hydrogen (secondary N) is 1. The fourth-order valence-electron chi connectivity index (χ4n) is 3.20. The average Bonchev–Trinajstić information content (AvgIpc) is 3.49. The van der Waals surface area contributed by atoms with Crippen LogP contribution in [0.1, 0.15) is 29.2 Å². The van der Waals surface area contributed by atoms with E-state index in [9.17, 15) is 23.5 Å². The Morgan fingerprint density at radius 2 is 2.04 bits per heavy atom. The molecule has 0 atom stereocenters. The van der Waals surface area contributed by atoms with Crippen molar-refractivity contribution in [2.45, 2.75) is 18.9 Å². The number of anilines is 1. The van der Waals surface area contributed by atoms with Crippen LogP contribution in [-0.2, 0) is 0 Å². The van der Waals surface area contributed by atoms with Gasteiger partial charge in [-0.25, -0.2) is 4.39 Å². The molecule has 6 nitrogen and oxygen atoms in total. The Balaban J connectivity index is 1.90. The van der Waals surface area contributed by atoms with Gasteiger partial charge in [0.25, 0.3) is 5.91 Å². The Morgan fingerprint density at radius 3 is 2.68 bits per heavy atom. The van der Waals surface area contributed by atoms with Crippen LogP contribution in [-0.4, -0.2) is 22.7 Å². The summed E-state index contributed by atoms with van der Waals surface area (Å²) in [6.07, 6.45) is 2.92. The Labute approximate surface area is 158 Å². The van der Waals surface area contributed by atoms with E-state index in [1.807, 2.05) is 0 Å². The van der Waals surface area contributed by atoms with Crippen LogP contribution in [0, 0.1) is 11.6 Å². The average molecular weight is 386 g/mol. The molecule has 1 fully saturated rings. The lowest BCUT2D eigenvalue weighted by molar-refractivity contribution is 0.102. The second-order valence-electron chi connectivity index (χ2n) is 6.62. The Hall–Kier alpha value is -3.42. The number of aromatic nitrogens is 1. The zero-order valence-electron chi connectivity index (χ0n) is 14.8. The molecule has 8 heteroatoms. The van der Waals surface area contributed by atoms with E-state index in [4.69, 9.17) is 4.74 Å². The van der Waals surface area contributed by atoms with Crippen molar-refractivity contribution in [3.63, 3.8) is 0 Å². The van der Waals surface area contributed by atoms with Crippen LogP contribution in [0.25, 0.3) is 10.9 Å². The van der Waals surface area contributed by atoms with Crippen LogP contribution in [0.3, 0.4) is 0 Å². The van der Waals surface area contributed by atoms with Gasteiger partial charge in [-0.3, -0.25) is 9.59 Å². The minimum Gasteiger partial charge on any atom is -0.508 e. The molecule has 1 aliphatic carbocycles. The zero-order chi connectivity index (χ0) is 20.0. The third-order valence-corrected chi connectivity index (χ3v) is 4.66. The maximum absolute atomic E-state index is 14.2. The maximum atomic E-state index is 14.2. The number of ether oxygens (including phenoxy) is 1. The largest absolute Gasteiger partial charge is 0.508 e. The van der Waals surface area contributed by atoms with Gasteiger partial charge in [-0.05, 0) is 31.0 Å². The summed E-state index contributed by atoms with van der Waals surface area (Å²) in [4.78, 5) is 25.6. The summed E-state index contributed by atoms with van der Waals surface area (Å²) in [6, 6.07) is 6.62. The first kappa shape index (κ1) is 18.0. The van der Waals surface area contributed by atoms with Gasteiger partial charge < -0.3 is 19.7 Å². The lowest BCUT2D eigenvalue weighted by Crippen LogP contribution is -2.24. The monoisotopic (exact) mass is 386 g/mol. The van der Waals surface area contributed by atoms with Crippen molar-refractivity contribution in [1.29, 1.82) is 0 Å². The van der Waals surface area contributed by atoms with E-state index < -0.39 is 23.0 Å². The molecule has 1 heterocycles. The van der Waals surface area contributed by atoms with Gasteiger partial charge in [0.05, 0.1) is 18.0 Å². The molecule has 0 saturated heterocycles. The summed E-state index contributed by atoms with van der Waals surface area (Å²) in [7, 11) is 1.20. The molecule has 144 valence electrons. The highest BCUT2D eigenvalue weighted by molar-refractivity contribution is 6.06. The minimum absolute atomic E-state index is 0.0332. The van der Waals surface area contributed by atoms with Gasteiger partial charge in [0.15, 0.2) is 11.6 Å². The molecule has 28 heavy (non-hydrogen) atoms. The van der Waals surface area contributed by atoms with Gasteiger partial charge in [0.1, 0.15) is 11.3 Å². The number of amides is 1. The van der Waals surface area contributed by atoms with Gasteiger partial charge in [-0.2, -0.15) is 4.39 Å². The highest BCUT2D eigenvalue weighted by Crippen LogP contribution is 2.40. The zero-order valence-corrected chi connectivity index (χ0v) is 14.8. The van der Waals surface area contributed by atoms with Crippen molar-refractivity contribution in [1.82, 2.24) is 4.57 Å². The van der Waals surface area contributed by atoms with Crippen molar-refractivity contribution in [2.75, 3.05) is 12.4 Å². The molecule has 0 unspecified atom stereocenters. The molecule has 2 N–H and O–H groups in total. The summed E-state index contributed by atoms with van der Waals surface area (Å²) in [5.74, 6) is -3.53. The molecular formula is C20H16F2N2O4. The number of aromatic hydroxyl groups is 1. The molecule has 1 saturated carbocycles. The van der Waals surface area contributed by atoms with E-state index in [1.54, 1.807) is 10.6 Å². The molecule has 1 aromatic heterocycles. The molecule has 2 aromatic carbocycles. The van der Waals surface area contributed by atoms with Crippen molar-refractivity contribution < 1.29 is 23.4 Å². The van der Waals surface area contributed by atoms with Gasteiger partial charge in [0, 0.05) is 24.0 Å². The fraction of sp³-hybridized carbons (Fsp3) is 0.200. The Kier molecular flexibility index (Phi) is 4.26. The standard InChI is InChI=1S/C20H16F2N2O4/c1-28-19-16(22)15(21)8-13-17(19)24(11-5-6-11)9-14(18(13)26)20(27)23-10-3-2-4-12(25)7-10/h2-4,7-9,11,25H,5-6H2,1H3,(H,23,27). The predicted molar refractivity (Wildman–Crippen MR) is 99.0 cm³/mol. The highest BCUT2D eigenvalue weighted by Gasteiger charge is 2.30. The number of phenolic OH excluding ortho intramolecular Hbond substituents is 1. The van der Waals surface area contributed by atoms with Crippen molar-refractivity contribution in [2.24, 2.45) is 0 Å². The number of benzene rings is 2. The first-order valence-electron chi connectivity index (χ1n) is 8.62. The van der Waals surface area contributed by atoms with Crippen LogP contribution in [0.5, 0.6) is 11.5 Å². The summed E-state index contributed by atoms with van der Waals surface area (Å²) in [6.45, 7) is 0. The fourth-order valence-corrected chi connectivity index (χ4v) is 3.20. The summed E-state index contributed by atoms with van der Waals surface area (Å²) in [5.41, 5.74) is -0.523. The van der Waals surface area contributed by atoms with Crippen molar-refractivity contribution >= 4 is 22.5 Å². The highest BCUT2D eigenvalue weighted by atomic mass is 19.2. The Bertz CT molecular complexity index is 1170. The van der Waals surface area contributed by atoms with Crippen LogP contribution in [0.2, 0.25) is 0 Å². The minimum atomic E-state index is -1.23. The third-order valence-electron chi connectivity index (χ3n) is 4.66. The van der Waals surface area contributed by atoms with Gasteiger partial charge in [0.2, 0.25) is 11.2 Å². The number of methoxy groups -OCH3 is 1. The maximum Gasteiger partial charge on any atom is 0.261 e. The number of rotatable bonds is 4. The second-order valence-corrected chi connectivity index (χ2v) is 6.62. The van der Waals surface area contributed by atoms with Crippen LogP contribution in [0.15, 0.2) is 41.3 Å². The summed E-state index contributed by atoms with van der Waals surface area (Å²) < 4.78 is 34.8. The Morgan fingerprint density at radius 1 is 1.29 bits per heavy atom. The van der Waals surface area contributed by atoms with Crippen molar-refractivity contribution in [3.05, 3.63) is 63.9 Å². The first-order valence-corrected chi connectivity index (χ1v) is 8.62. The van der Waals surface area contributed by atoms with E-state index >= 15 is 0 Å². The van der Waals surface area contributed by atoms with E-state index in [-0.39, 0.29) is 34.0 Å². The number of hydrogen-bond donors (Lipinski definition) is 2. The van der Waals surface area contributed by atoms with Crippen LogP contribution < -0.4 is 15.5 Å². The van der Waals surface area contributed by atoms with E-state index in [0.29, 0.717) is 5.69 Å². The number of hydrogen-bond acceptors (Lipinski definition) is 4. The topological polar surface area (TPSA) is 80.6 Å². The van der Waals surface area contributed by atoms with Gasteiger partial charge in [-0.15, -0.1) is 0 Å². The smallest absolute Gasteiger partial charge is 0.261 e. The number of fused-ring (bicyclic) bond motifs is 1. The SMILES string of the molecule is COc1c(F)c(F)cc2c(=O)c(C(=O)Nc3cccc(O)c3)cn(C3CC3)c12. The van der Waals surface area contributed by atoms with E-state index in [2.05, 4.69) is 5.32 Å². The molecule has 0 radical (unpaired) electrons. The predicted octanol–water partition coefficient (Wildman–Crippen LogP) is 3.58. The van der Waals surface area contributed by atoms with Crippen LogP contribution >= 0.6 is 0 Å². The summed E-state index contributed by atoms with van der Waals surface area (Å²) in [5, 5.41) is 11.9. The van der Waals surface area contributed by atoms with Gasteiger partial charge >= 0.3 is 0 Å². The second kappa shape index (κ2) is 6.63. The van der Waals surface area contributed by atoms with E-state index in [0.717, 1.165) is 18.9 Å². The first-order chi connectivity index (χ1) is 13.4. The molecule has 1 amide bonds. The number of nitrogens with zero attached hydrogens (tertiary/aromatic N) is 1. The molecule has 0 aliphatic heterocycles. The third kappa shape index (κ3) is 2.96. The molecule has 0 spiro atoms. The normalized spacial score (nSPS) is 13.5. The molecule has 0 bridgehead atoms. The van der Waals surface area contributed by atoms with Gasteiger partial charge in [-0.1, -0.05) is 6.07 Å². The number of carbonyl (C=O) groups is 1. The van der Waals surface area contributed by atoms with Crippen LogP contribution in [0.4, 0.5) is 14.5 Å². The summed E-state index contributed by atoms with van der Waals surface area (Å²) >= 11 is 0. The lowest BCUT2D eigenvalue weighted by atomic mass is 10.1. The lowest BCUT2D eigenvalue weighted by Gasteiger charge is -2.16. The molecule has 3 aromatic rings. The van der Waals surface area contributed by atoms with Crippen molar-refractivity contribution in [3.8, 4) is 11.5 Å². The molecular weight excluding hydrogens is 370 g/mol. The van der Waals surface area contributed by atoms with E-state index in [1.165, 1.54) is 31.5 Å². The number of pyridine rings is 1. The quantitative estimate of drug-likeness (QED) is 0.718.